The van der Waals surface area contributed by atoms with Crippen LogP contribution in [0.15, 0.2) is 0 Å². The molecule has 2 nitrogen and oxygen atoms in total. The third kappa shape index (κ3) is 10.0. The van der Waals surface area contributed by atoms with Gasteiger partial charge in [0.25, 0.3) is 0 Å². The van der Waals surface area contributed by atoms with Crippen molar-refractivity contribution in [2.45, 2.75) is 39.7 Å². The van der Waals surface area contributed by atoms with E-state index in [-0.39, 0.29) is 0 Å². The van der Waals surface area contributed by atoms with Gasteiger partial charge in [-0.3, -0.25) is 4.21 Å². The summed E-state index contributed by atoms with van der Waals surface area (Å²) in [5.41, 5.74) is 0. The molecule has 0 aliphatic rings. The van der Waals surface area contributed by atoms with Gasteiger partial charge in [-0.2, -0.15) is 0 Å². The first-order chi connectivity index (χ1) is 6.02. The first-order valence-electron chi connectivity index (χ1n) is 5.05. The Labute approximate surface area is 84.9 Å². The lowest BCUT2D eigenvalue weighted by atomic mass is 10.1. The SMILES string of the molecule is CC(C)CC(C)NCCCS(C)=O. The average Bonchev–Trinajstić information content (AvgIpc) is 1.96. The Morgan fingerprint density at radius 2 is 1.92 bits per heavy atom. The molecule has 13 heavy (non-hydrogen) atoms. The summed E-state index contributed by atoms with van der Waals surface area (Å²) < 4.78 is 10.7. The zero-order valence-electron chi connectivity index (χ0n) is 9.30. The Bertz CT molecular complexity index is 148. The van der Waals surface area contributed by atoms with Crippen molar-refractivity contribution in [2.75, 3.05) is 18.6 Å². The zero-order valence-corrected chi connectivity index (χ0v) is 10.1. The molecule has 0 saturated heterocycles. The molecule has 0 aromatic heterocycles. The van der Waals surface area contributed by atoms with Crippen molar-refractivity contribution in [1.29, 1.82) is 0 Å². The summed E-state index contributed by atoms with van der Waals surface area (Å²) in [6.45, 7) is 7.68. The second kappa shape index (κ2) is 7.51. The average molecular weight is 205 g/mol. The molecule has 0 rings (SSSR count). The highest BCUT2D eigenvalue weighted by molar-refractivity contribution is 7.84. The van der Waals surface area contributed by atoms with Gasteiger partial charge in [-0.1, -0.05) is 13.8 Å². The third-order valence-electron chi connectivity index (χ3n) is 1.93. The van der Waals surface area contributed by atoms with Crippen LogP contribution in [0.1, 0.15) is 33.6 Å². The standard InChI is InChI=1S/C10H23NOS/c1-9(2)8-10(3)11-6-5-7-13(4)12/h9-11H,5-8H2,1-4H3. The summed E-state index contributed by atoms with van der Waals surface area (Å²) >= 11 is 0. The van der Waals surface area contributed by atoms with Crippen molar-refractivity contribution in [3.05, 3.63) is 0 Å². The van der Waals surface area contributed by atoms with Crippen LogP contribution in [0, 0.1) is 5.92 Å². The predicted octanol–water partition coefficient (Wildman–Crippen LogP) is 1.78. The molecule has 1 N–H and O–H groups in total. The summed E-state index contributed by atoms with van der Waals surface area (Å²) in [6, 6.07) is 0.588. The van der Waals surface area contributed by atoms with Crippen LogP contribution in [-0.2, 0) is 10.8 Å². The van der Waals surface area contributed by atoms with Crippen LogP contribution in [0.5, 0.6) is 0 Å². The number of nitrogens with one attached hydrogen (secondary N) is 1. The van der Waals surface area contributed by atoms with Crippen LogP contribution in [0.3, 0.4) is 0 Å². The maximum Gasteiger partial charge on any atom is 0.0244 e. The van der Waals surface area contributed by atoms with E-state index in [2.05, 4.69) is 26.1 Å². The van der Waals surface area contributed by atoms with E-state index in [1.165, 1.54) is 6.42 Å². The molecule has 0 saturated carbocycles. The Morgan fingerprint density at radius 1 is 1.31 bits per heavy atom. The fourth-order valence-electron chi connectivity index (χ4n) is 1.41. The normalized spacial score (nSPS) is 16.1. The van der Waals surface area contributed by atoms with Crippen LogP contribution in [-0.4, -0.2) is 28.8 Å². The van der Waals surface area contributed by atoms with Crippen molar-refractivity contribution in [1.82, 2.24) is 5.32 Å². The van der Waals surface area contributed by atoms with Crippen LogP contribution in [0.2, 0.25) is 0 Å². The minimum absolute atomic E-state index is 0.588. The highest BCUT2D eigenvalue weighted by Gasteiger charge is 2.03. The Kier molecular flexibility index (Phi) is 7.57. The summed E-state index contributed by atoms with van der Waals surface area (Å²) in [5, 5.41) is 3.43. The fourth-order valence-corrected chi connectivity index (χ4v) is 1.97. The molecule has 0 amide bonds. The maximum absolute atomic E-state index is 10.7. The van der Waals surface area contributed by atoms with Crippen molar-refractivity contribution in [3.8, 4) is 0 Å². The van der Waals surface area contributed by atoms with E-state index >= 15 is 0 Å². The smallest absolute Gasteiger partial charge is 0.0244 e. The summed E-state index contributed by atoms with van der Waals surface area (Å²) in [4.78, 5) is 0. The van der Waals surface area contributed by atoms with Crippen LogP contribution < -0.4 is 5.32 Å². The number of rotatable bonds is 7. The summed E-state index contributed by atoms with van der Waals surface area (Å²) in [7, 11) is -0.631. The highest BCUT2D eigenvalue weighted by atomic mass is 32.2. The van der Waals surface area contributed by atoms with Gasteiger partial charge in [0.15, 0.2) is 0 Å². The molecule has 80 valence electrons. The molecule has 0 aliphatic carbocycles. The van der Waals surface area contributed by atoms with E-state index in [1.54, 1.807) is 6.26 Å². The van der Waals surface area contributed by atoms with Crippen LogP contribution in [0.25, 0.3) is 0 Å². The lowest BCUT2D eigenvalue weighted by Crippen LogP contribution is -2.28. The van der Waals surface area contributed by atoms with Crippen LogP contribution in [0.4, 0.5) is 0 Å². The van der Waals surface area contributed by atoms with Gasteiger partial charge in [0.05, 0.1) is 0 Å². The van der Waals surface area contributed by atoms with E-state index < -0.39 is 10.8 Å². The lowest BCUT2D eigenvalue weighted by molar-refractivity contribution is 0.443. The first-order valence-corrected chi connectivity index (χ1v) is 6.78. The van der Waals surface area contributed by atoms with Crippen molar-refractivity contribution in [2.24, 2.45) is 5.92 Å². The van der Waals surface area contributed by atoms with E-state index in [0.717, 1.165) is 24.6 Å². The molecule has 0 spiro atoms. The molecule has 3 heteroatoms. The molecule has 0 aromatic carbocycles. The molecular weight excluding hydrogens is 182 g/mol. The minimum Gasteiger partial charge on any atom is -0.314 e. The second-order valence-corrected chi connectivity index (χ2v) is 5.67. The second-order valence-electron chi connectivity index (χ2n) is 4.12. The Hall–Kier alpha value is 0.110. The van der Waals surface area contributed by atoms with Crippen molar-refractivity contribution >= 4 is 10.8 Å². The molecule has 0 fully saturated rings. The molecule has 2 atom stereocenters. The Morgan fingerprint density at radius 3 is 2.38 bits per heavy atom. The van der Waals surface area contributed by atoms with Crippen molar-refractivity contribution < 1.29 is 4.21 Å². The molecule has 0 aromatic rings. The van der Waals surface area contributed by atoms with Gasteiger partial charge in [0, 0.05) is 28.9 Å². The van der Waals surface area contributed by atoms with E-state index in [1.807, 2.05) is 0 Å². The van der Waals surface area contributed by atoms with Gasteiger partial charge < -0.3 is 5.32 Å². The fraction of sp³-hybridized carbons (Fsp3) is 1.00. The summed E-state index contributed by atoms with van der Waals surface area (Å²) in [6.07, 6.45) is 4.00. The third-order valence-corrected chi connectivity index (χ3v) is 2.79. The Balaban J connectivity index is 3.26. The highest BCUT2D eigenvalue weighted by Crippen LogP contribution is 2.03. The summed E-state index contributed by atoms with van der Waals surface area (Å²) in [5.74, 6) is 1.57. The van der Waals surface area contributed by atoms with E-state index in [0.29, 0.717) is 6.04 Å². The van der Waals surface area contributed by atoms with E-state index in [4.69, 9.17) is 0 Å². The minimum atomic E-state index is -0.631. The largest absolute Gasteiger partial charge is 0.314 e. The van der Waals surface area contributed by atoms with Gasteiger partial charge in [0.2, 0.25) is 0 Å². The molecule has 0 aliphatic heterocycles. The lowest BCUT2D eigenvalue weighted by Gasteiger charge is -2.15. The van der Waals surface area contributed by atoms with Gasteiger partial charge in [0.1, 0.15) is 0 Å². The van der Waals surface area contributed by atoms with Gasteiger partial charge in [-0.15, -0.1) is 0 Å². The molecule has 0 radical (unpaired) electrons. The molecule has 0 heterocycles. The van der Waals surface area contributed by atoms with E-state index in [9.17, 15) is 4.21 Å². The quantitative estimate of drug-likeness (QED) is 0.642. The number of hydrogen-bond donors (Lipinski definition) is 1. The monoisotopic (exact) mass is 205 g/mol. The van der Waals surface area contributed by atoms with Gasteiger partial charge in [-0.25, -0.2) is 0 Å². The molecule has 2 unspecified atom stereocenters. The first kappa shape index (κ1) is 13.1. The molecule has 0 bridgehead atoms. The predicted molar refractivity (Wildman–Crippen MR) is 60.5 cm³/mol. The zero-order chi connectivity index (χ0) is 10.3. The topological polar surface area (TPSA) is 29.1 Å². The van der Waals surface area contributed by atoms with Crippen LogP contribution >= 0.6 is 0 Å². The van der Waals surface area contributed by atoms with Gasteiger partial charge >= 0.3 is 0 Å². The number of hydrogen-bond acceptors (Lipinski definition) is 2. The van der Waals surface area contributed by atoms with Crippen molar-refractivity contribution in [3.63, 3.8) is 0 Å². The molecular formula is C10H23NOS. The maximum atomic E-state index is 10.7. The van der Waals surface area contributed by atoms with Gasteiger partial charge in [-0.05, 0) is 32.2 Å².